The second kappa shape index (κ2) is 13.2. The molecule has 0 aliphatic carbocycles. The van der Waals surface area contributed by atoms with Crippen LogP contribution in [0.3, 0.4) is 0 Å². The molecule has 4 rings (SSSR count). The molecule has 0 N–H and O–H groups in total. The summed E-state index contributed by atoms with van der Waals surface area (Å²) in [5.74, 6) is 0.720. The lowest BCUT2D eigenvalue weighted by molar-refractivity contribution is -0.134. The second-order valence-electron chi connectivity index (χ2n) is 8.51. The van der Waals surface area contributed by atoms with Crippen LogP contribution in [0.15, 0.2) is 58.3 Å². The molecule has 0 unspecified atom stereocenters. The van der Waals surface area contributed by atoms with Crippen molar-refractivity contribution in [3.63, 3.8) is 0 Å². The predicted molar refractivity (Wildman–Crippen MR) is 133 cm³/mol. The van der Waals surface area contributed by atoms with E-state index >= 15 is 0 Å². The summed E-state index contributed by atoms with van der Waals surface area (Å²) in [6.07, 6.45) is 1.71. The van der Waals surface area contributed by atoms with Crippen molar-refractivity contribution < 1.29 is 27.5 Å². The van der Waals surface area contributed by atoms with Crippen LogP contribution in [-0.2, 0) is 40.7 Å². The van der Waals surface area contributed by atoms with E-state index in [2.05, 4.69) is 0 Å². The highest BCUT2D eigenvalue weighted by Crippen LogP contribution is 2.16. The standard InChI is InChI=1S/2C13H16O3S/c2*1-10-4-6-11(7-5-10)17(15)9-13-12(14)3-2-8-16-13/h2*4-7,13H,2-3,8-9H2,1H3/t2*13-,17-/m00/s1. The average molecular weight is 505 g/mol. The molecule has 0 spiro atoms. The maximum absolute atomic E-state index is 12.0. The van der Waals surface area contributed by atoms with Crippen LogP contribution in [0.4, 0.5) is 0 Å². The van der Waals surface area contributed by atoms with Crippen LogP contribution in [-0.4, -0.2) is 56.9 Å². The molecule has 0 bridgehead atoms. The SMILES string of the molecule is Cc1ccc([S@@](=O)C[C@@H]2OCCCC2=O)cc1.Cc1ccc([S@@](=O)C[C@@H]2OCCCC2=O)cc1. The molecule has 6 nitrogen and oxygen atoms in total. The molecule has 2 saturated heterocycles. The summed E-state index contributed by atoms with van der Waals surface area (Å²) in [7, 11) is -2.31. The second-order valence-corrected chi connectivity index (χ2v) is 11.5. The van der Waals surface area contributed by atoms with Gasteiger partial charge in [-0.3, -0.25) is 18.0 Å². The van der Waals surface area contributed by atoms with Gasteiger partial charge in [-0.1, -0.05) is 35.4 Å². The number of hydrogen-bond acceptors (Lipinski definition) is 6. The van der Waals surface area contributed by atoms with Crippen LogP contribution in [0.25, 0.3) is 0 Å². The smallest absolute Gasteiger partial charge is 0.162 e. The van der Waals surface area contributed by atoms with Gasteiger partial charge in [0.25, 0.3) is 0 Å². The van der Waals surface area contributed by atoms with Crippen molar-refractivity contribution in [3.8, 4) is 0 Å². The molecule has 2 aliphatic rings. The minimum atomic E-state index is -1.16. The van der Waals surface area contributed by atoms with Gasteiger partial charge in [0, 0.05) is 35.8 Å². The molecule has 184 valence electrons. The van der Waals surface area contributed by atoms with Crippen molar-refractivity contribution in [1.29, 1.82) is 0 Å². The summed E-state index contributed by atoms with van der Waals surface area (Å²) < 4.78 is 34.8. The minimum Gasteiger partial charge on any atom is -0.369 e. The quantitative estimate of drug-likeness (QED) is 0.596. The summed E-state index contributed by atoms with van der Waals surface area (Å²) in [4.78, 5) is 24.6. The molecule has 8 heteroatoms. The van der Waals surface area contributed by atoms with E-state index in [1.165, 1.54) is 0 Å². The lowest BCUT2D eigenvalue weighted by atomic mass is 10.1. The maximum Gasteiger partial charge on any atom is 0.162 e. The Balaban J connectivity index is 0.000000191. The zero-order valence-corrected chi connectivity index (χ0v) is 21.3. The highest BCUT2D eigenvalue weighted by atomic mass is 32.2. The molecule has 0 amide bonds. The maximum atomic E-state index is 12.0. The molecule has 2 heterocycles. The number of carbonyl (C=O) groups excluding carboxylic acids is 2. The Hall–Kier alpha value is -2.00. The number of hydrogen-bond donors (Lipinski definition) is 0. The van der Waals surface area contributed by atoms with E-state index in [1.807, 2.05) is 62.4 Å². The molecular formula is C26H32O6S2. The Morgan fingerprint density at radius 3 is 1.35 bits per heavy atom. The van der Waals surface area contributed by atoms with Gasteiger partial charge in [-0.25, -0.2) is 0 Å². The minimum absolute atomic E-state index is 0.0803. The first-order valence-corrected chi connectivity index (χ1v) is 14.2. The third kappa shape index (κ3) is 8.05. The molecule has 2 aliphatic heterocycles. The van der Waals surface area contributed by atoms with E-state index in [0.717, 1.165) is 33.8 Å². The Morgan fingerprint density at radius 2 is 1.03 bits per heavy atom. The van der Waals surface area contributed by atoms with Crippen molar-refractivity contribution >= 4 is 33.2 Å². The van der Waals surface area contributed by atoms with Crippen molar-refractivity contribution in [1.82, 2.24) is 0 Å². The van der Waals surface area contributed by atoms with E-state index in [4.69, 9.17) is 9.47 Å². The van der Waals surface area contributed by atoms with Crippen molar-refractivity contribution in [3.05, 3.63) is 59.7 Å². The van der Waals surface area contributed by atoms with Crippen LogP contribution in [0.5, 0.6) is 0 Å². The van der Waals surface area contributed by atoms with Gasteiger partial charge < -0.3 is 9.47 Å². The lowest BCUT2D eigenvalue weighted by Crippen LogP contribution is -2.34. The lowest BCUT2D eigenvalue weighted by Gasteiger charge is -2.20. The van der Waals surface area contributed by atoms with Crippen molar-refractivity contribution in [2.45, 2.75) is 61.5 Å². The highest BCUT2D eigenvalue weighted by molar-refractivity contribution is 7.85. The fourth-order valence-corrected chi connectivity index (χ4v) is 5.96. The number of ether oxygens (including phenoxy) is 2. The van der Waals surface area contributed by atoms with Crippen LogP contribution in [0.2, 0.25) is 0 Å². The fourth-order valence-electron chi connectivity index (χ4n) is 3.58. The monoisotopic (exact) mass is 504 g/mol. The van der Waals surface area contributed by atoms with E-state index in [-0.39, 0.29) is 23.1 Å². The normalized spacial score (nSPS) is 22.4. The van der Waals surface area contributed by atoms with E-state index < -0.39 is 33.8 Å². The topological polar surface area (TPSA) is 86.7 Å². The molecule has 0 aromatic heterocycles. The molecule has 2 fully saturated rings. The van der Waals surface area contributed by atoms with Gasteiger partial charge in [-0.2, -0.15) is 0 Å². The predicted octanol–water partition coefficient (Wildman–Crippen LogP) is 3.70. The van der Waals surface area contributed by atoms with Crippen molar-refractivity contribution in [2.24, 2.45) is 0 Å². The van der Waals surface area contributed by atoms with E-state index in [1.54, 1.807) is 0 Å². The van der Waals surface area contributed by atoms with E-state index in [0.29, 0.717) is 26.1 Å². The van der Waals surface area contributed by atoms with Gasteiger partial charge in [-0.15, -0.1) is 0 Å². The largest absolute Gasteiger partial charge is 0.369 e. The highest BCUT2D eigenvalue weighted by Gasteiger charge is 2.26. The number of aryl methyl sites for hydroxylation is 2. The molecule has 34 heavy (non-hydrogen) atoms. The van der Waals surface area contributed by atoms with Crippen LogP contribution >= 0.6 is 0 Å². The summed E-state index contributed by atoms with van der Waals surface area (Å²) in [5, 5.41) is 0. The summed E-state index contributed by atoms with van der Waals surface area (Å²) in [5.41, 5.74) is 2.27. The molecule has 2 aromatic rings. The van der Waals surface area contributed by atoms with Crippen LogP contribution in [0, 0.1) is 13.8 Å². The van der Waals surface area contributed by atoms with Gasteiger partial charge in [0.15, 0.2) is 11.6 Å². The summed E-state index contributed by atoms with van der Waals surface area (Å²) in [6.45, 7) is 5.17. The fraction of sp³-hybridized carbons (Fsp3) is 0.462. The number of ketones is 2. The molecular weight excluding hydrogens is 472 g/mol. The van der Waals surface area contributed by atoms with E-state index in [9.17, 15) is 18.0 Å². The molecule has 0 radical (unpaired) electrons. The Labute approximate surface area is 206 Å². The first-order valence-electron chi connectivity index (χ1n) is 11.5. The molecule has 0 saturated carbocycles. The zero-order valence-electron chi connectivity index (χ0n) is 19.7. The van der Waals surface area contributed by atoms with Gasteiger partial charge in [0.1, 0.15) is 12.2 Å². The Bertz CT molecular complexity index is 933. The number of rotatable bonds is 6. The molecule has 2 aromatic carbocycles. The first kappa shape index (κ1) is 26.6. The summed E-state index contributed by atoms with van der Waals surface area (Å²) >= 11 is 0. The number of carbonyl (C=O) groups is 2. The Morgan fingerprint density at radius 1 is 0.676 bits per heavy atom. The zero-order chi connectivity index (χ0) is 24.5. The Kier molecular flexibility index (Phi) is 10.3. The third-order valence-corrected chi connectivity index (χ3v) is 8.47. The van der Waals surface area contributed by atoms with Gasteiger partial charge in [0.2, 0.25) is 0 Å². The van der Waals surface area contributed by atoms with Gasteiger partial charge in [-0.05, 0) is 51.0 Å². The van der Waals surface area contributed by atoms with Crippen LogP contribution in [0.1, 0.15) is 36.8 Å². The first-order chi connectivity index (χ1) is 16.3. The third-order valence-electron chi connectivity index (χ3n) is 5.66. The number of benzene rings is 2. The van der Waals surface area contributed by atoms with Crippen LogP contribution < -0.4 is 0 Å². The summed E-state index contributed by atoms with van der Waals surface area (Å²) in [6, 6.07) is 15.1. The van der Waals surface area contributed by atoms with Gasteiger partial charge in [0.05, 0.1) is 33.1 Å². The van der Waals surface area contributed by atoms with Crippen molar-refractivity contribution in [2.75, 3.05) is 24.7 Å². The number of Topliss-reactive ketones (excluding diaryl/α,β-unsaturated/α-hetero) is 2. The molecule has 4 atom stereocenters. The van der Waals surface area contributed by atoms with Gasteiger partial charge >= 0.3 is 0 Å². The average Bonchev–Trinajstić information content (AvgIpc) is 2.83.